The van der Waals surface area contributed by atoms with Crippen molar-refractivity contribution in [1.29, 1.82) is 0 Å². The van der Waals surface area contributed by atoms with Crippen molar-refractivity contribution in [3.8, 4) is 11.4 Å². The number of ether oxygens (including phenoxy) is 1. The summed E-state index contributed by atoms with van der Waals surface area (Å²) in [5.41, 5.74) is 0.554. The highest BCUT2D eigenvalue weighted by Crippen LogP contribution is 2.19. The van der Waals surface area contributed by atoms with Crippen LogP contribution in [-0.2, 0) is 6.54 Å². The third-order valence-corrected chi connectivity index (χ3v) is 2.25. The molecule has 0 spiro atoms. The highest BCUT2D eigenvalue weighted by molar-refractivity contribution is 5.38. The molecule has 0 aliphatic rings. The Labute approximate surface area is 97.4 Å². The minimum Gasteiger partial charge on any atom is -0.494 e. The Bertz CT molecular complexity index is 513. The molecule has 0 amide bonds. The molecule has 2 aromatic rings. The van der Waals surface area contributed by atoms with Crippen LogP contribution in [0.1, 0.15) is 5.82 Å². The van der Waals surface area contributed by atoms with E-state index in [1.165, 1.54) is 23.9 Å². The quantitative estimate of drug-likeness (QED) is 0.840. The van der Waals surface area contributed by atoms with E-state index in [4.69, 9.17) is 4.74 Å². The molecule has 1 aromatic heterocycles. The van der Waals surface area contributed by atoms with Gasteiger partial charge in [0, 0.05) is 6.07 Å². The molecule has 0 fully saturated rings. The lowest BCUT2D eigenvalue weighted by molar-refractivity contribution is 0.386. The number of hydrogen-bond donors (Lipinski definition) is 1. The fourth-order valence-corrected chi connectivity index (χ4v) is 1.46. The van der Waals surface area contributed by atoms with Crippen molar-refractivity contribution in [3.05, 3.63) is 29.8 Å². The monoisotopic (exact) mass is 237 g/mol. The largest absolute Gasteiger partial charge is 0.494 e. The Hall–Kier alpha value is -2.02. The highest BCUT2D eigenvalue weighted by Gasteiger charge is 2.10. The van der Waals surface area contributed by atoms with Crippen LogP contribution in [0.2, 0.25) is 0 Å². The van der Waals surface area contributed by atoms with Gasteiger partial charge in [0.15, 0.2) is 17.4 Å². The molecule has 1 heterocycles. The molecule has 0 aliphatic heterocycles. The van der Waals surface area contributed by atoms with Gasteiger partial charge in [-0.2, -0.15) is 4.68 Å². The maximum Gasteiger partial charge on any atom is 0.170 e. The van der Waals surface area contributed by atoms with Crippen LogP contribution in [0.5, 0.6) is 5.75 Å². The molecule has 7 heteroatoms. The molecule has 0 atom stereocenters. The van der Waals surface area contributed by atoms with Crippen LogP contribution in [0.3, 0.4) is 0 Å². The first-order chi connectivity index (χ1) is 8.26. The van der Waals surface area contributed by atoms with Gasteiger partial charge in [0.1, 0.15) is 0 Å². The first-order valence-electron chi connectivity index (χ1n) is 5.02. The number of aromatic nitrogens is 4. The molecule has 2 rings (SSSR count). The Kier molecular flexibility index (Phi) is 3.29. The van der Waals surface area contributed by atoms with Gasteiger partial charge in [0.2, 0.25) is 0 Å². The van der Waals surface area contributed by atoms with Gasteiger partial charge in [-0.1, -0.05) is 0 Å². The Balaban J connectivity index is 2.39. The van der Waals surface area contributed by atoms with Gasteiger partial charge in [0.25, 0.3) is 0 Å². The average molecular weight is 237 g/mol. The number of benzene rings is 1. The van der Waals surface area contributed by atoms with Crippen LogP contribution in [0, 0.1) is 5.82 Å². The standard InChI is InChI=1S/C10H12FN5O/c1-12-6-10-13-14-15-16(10)7-3-4-9(17-2)8(11)5-7/h3-5,12H,6H2,1-2H3. The van der Waals surface area contributed by atoms with Crippen molar-refractivity contribution in [1.82, 2.24) is 25.5 Å². The fourth-order valence-electron chi connectivity index (χ4n) is 1.46. The van der Waals surface area contributed by atoms with E-state index in [9.17, 15) is 4.39 Å². The van der Waals surface area contributed by atoms with Gasteiger partial charge < -0.3 is 10.1 Å². The van der Waals surface area contributed by atoms with Gasteiger partial charge in [-0.25, -0.2) is 4.39 Å². The summed E-state index contributed by atoms with van der Waals surface area (Å²) in [6, 6.07) is 4.56. The summed E-state index contributed by atoms with van der Waals surface area (Å²) < 4.78 is 19.9. The lowest BCUT2D eigenvalue weighted by atomic mass is 10.3. The van der Waals surface area contributed by atoms with Crippen LogP contribution in [0.15, 0.2) is 18.2 Å². The van der Waals surface area contributed by atoms with E-state index in [1.807, 2.05) is 0 Å². The predicted octanol–water partition coefficient (Wildman–Crippen LogP) is 0.529. The molecule has 90 valence electrons. The van der Waals surface area contributed by atoms with Crippen molar-refractivity contribution >= 4 is 0 Å². The highest BCUT2D eigenvalue weighted by atomic mass is 19.1. The lowest BCUT2D eigenvalue weighted by Crippen LogP contribution is -2.12. The molecule has 6 nitrogen and oxygen atoms in total. The van der Waals surface area contributed by atoms with E-state index in [-0.39, 0.29) is 5.75 Å². The van der Waals surface area contributed by atoms with Crippen molar-refractivity contribution < 1.29 is 9.13 Å². The van der Waals surface area contributed by atoms with Crippen molar-refractivity contribution in [2.24, 2.45) is 0 Å². The maximum absolute atomic E-state index is 13.5. The lowest BCUT2D eigenvalue weighted by Gasteiger charge is -2.06. The Morgan fingerprint density at radius 1 is 1.47 bits per heavy atom. The first kappa shape index (κ1) is 11.5. The average Bonchev–Trinajstić information content (AvgIpc) is 2.78. The minimum atomic E-state index is -0.448. The summed E-state index contributed by atoms with van der Waals surface area (Å²) in [4.78, 5) is 0. The summed E-state index contributed by atoms with van der Waals surface area (Å²) in [6.07, 6.45) is 0. The smallest absolute Gasteiger partial charge is 0.170 e. The maximum atomic E-state index is 13.5. The predicted molar refractivity (Wildman–Crippen MR) is 58.4 cm³/mol. The summed E-state index contributed by atoms with van der Waals surface area (Å²) >= 11 is 0. The normalized spacial score (nSPS) is 10.5. The van der Waals surface area contributed by atoms with E-state index < -0.39 is 5.82 Å². The second-order valence-electron chi connectivity index (χ2n) is 3.36. The molecule has 17 heavy (non-hydrogen) atoms. The summed E-state index contributed by atoms with van der Waals surface area (Å²) in [5.74, 6) is 0.352. The second-order valence-corrected chi connectivity index (χ2v) is 3.36. The van der Waals surface area contributed by atoms with Gasteiger partial charge in [-0.05, 0) is 29.6 Å². The van der Waals surface area contributed by atoms with E-state index >= 15 is 0 Å². The number of hydrogen-bond acceptors (Lipinski definition) is 5. The molecule has 1 aromatic carbocycles. The zero-order chi connectivity index (χ0) is 12.3. The zero-order valence-electron chi connectivity index (χ0n) is 9.51. The number of tetrazole rings is 1. The second kappa shape index (κ2) is 4.88. The van der Waals surface area contributed by atoms with Gasteiger partial charge >= 0.3 is 0 Å². The van der Waals surface area contributed by atoms with E-state index in [0.717, 1.165) is 0 Å². The molecule has 1 N–H and O–H groups in total. The Morgan fingerprint density at radius 3 is 2.94 bits per heavy atom. The van der Waals surface area contributed by atoms with Crippen LogP contribution in [0.25, 0.3) is 5.69 Å². The molecule has 0 unspecified atom stereocenters. The molecule has 0 saturated heterocycles. The van der Waals surface area contributed by atoms with Gasteiger partial charge in [-0.15, -0.1) is 5.10 Å². The number of methoxy groups -OCH3 is 1. The summed E-state index contributed by atoms with van der Waals surface area (Å²) in [7, 11) is 3.20. The third-order valence-electron chi connectivity index (χ3n) is 2.25. The molecular weight excluding hydrogens is 225 g/mol. The van der Waals surface area contributed by atoms with Crippen molar-refractivity contribution in [3.63, 3.8) is 0 Å². The van der Waals surface area contributed by atoms with E-state index in [2.05, 4.69) is 20.8 Å². The minimum absolute atomic E-state index is 0.192. The molecule has 0 aliphatic carbocycles. The third kappa shape index (κ3) is 2.23. The van der Waals surface area contributed by atoms with Crippen LogP contribution in [-0.4, -0.2) is 34.4 Å². The zero-order valence-corrected chi connectivity index (χ0v) is 9.51. The number of nitrogens with zero attached hydrogens (tertiary/aromatic N) is 4. The Morgan fingerprint density at radius 2 is 2.29 bits per heavy atom. The van der Waals surface area contributed by atoms with Crippen molar-refractivity contribution in [2.75, 3.05) is 14.2 Å². The number of halogens is 1. The topological polar surface area (TPSA) is 64.9 Å². The number of rotatable bonds is 4. The molecule has 0 bridgehead atoms. The van der Waals surface area contributed by atoms with Gasteiger partial charge in [0.05, 0.1) is 19.3 Å². The molecular formula is C10H12FN5O. The van der Waals surface area contributed by atoms with Crippen LogP contribution < -0.4 is 10.1 Å². The SMILES string of the molecule is CNCc1nnnn1-c1ccc(OC)c(F)c1. The van der Waals surface area contributed by atoms with Crippen LogP contribution in [0.4, 0.5) is 4.39 Å². The molecule has 0 saturated carbocycles. The van der Waals surface area contributed by atoms with E-state index in [0.29, 0.717) is 18.1 Å². The summed E-state index contributed by atoms with van der Waals surface area (Å²) in [6.45, 7) is 0.501. The van der Waals surface area contributed by atoms with Crippen molar-refractivity contribution in [2.45, 2.75) is 6.54 Å². The fraction of sp³-hybridized carbons (Fsp3) is 0.300. The molecule has 0 radical (unpaired) electrons. The van der Waals surface area contributed by atoms with Crippen LogP contribution >= 0.6 is 0 Å². The summed E-state index contributed by atoms with van der Waals surface area (Å²) in [5, 5.41) is 14.1. The van der Waals surface area contributed by atoms with E-state index in [1.54, 1.807) is 13.1 Å². The first-order valence-corrected chi connectivity index (χ1v) is 5.02. The van der Waals surface area contributed by atoms with Gasteiger partial charge in [-0.3, -0.25) is 0 Å². The number of nitrogens with one attached hydrogen (secondary N) is 1.